The molecule has 3 unspecified atom stereocenters. The second kappa shape index (κ2) is 7.43. The van der Waals surface area contributed by atoms with Gasteiger partial charge in [-0.15, -0.1) is 0 Å². The molecule has 126 valence electrons. The molecule has 0 radical (unpaired) electrons. The van der Waals surface area contributed by atoms with Crippen LogP contribution in [0.2, 0.25) is 0 Å². The molecule has 1 aromatic carbocycles. The molecule has 1 heterocycles. The summed E-state index contributed by atoms with van der Waals surface area (Å²) in [5.41, 5.74) is 7.04. The van der Waals surface area contributed by atoms with Crippen molar-refractivity contribution in [2.45, 2.75) is 38.4 Å². The lowest BCUT2D eigenvalue weighted by molar-refractivity contribution is -0.143. The van der Waals surface area contributed by atoms with Crippen molar-refractivity contribution in [1.82, 2.24) is 16.2 Å². The first-order valence-electron chi connectivity index (χ1n) is 7.60. The van der Waals surface area contributed by atoms with E-state index in [0.29, 0.717) is 6.42 Å². The first-order chi connectivity index (χ1) is 10.9. The van der Waals surface area contributed by atoms with Crippen LogP contribution in [0, 0.1) is 5.92 Å². The minimum Gasteiger partial charge on any atom is -0.497 e. The van der Waals surface area contributed by atoms with Crippen molar-refractivity contribution in [2.75, 3.05) is 7.11 Å². The summed E-state index contributed by atoms with van der Waals surface area (Å²) in [4.78, 5) is 23.4. The second-order valence-corrected chi connectivity index (χ2v) is 5.97. The molecular weight excluding hydrogens is 298 g/mol. The highest BCUT2D eigenvalue weighted by Crippen LogP contribution is 2.24. The Labute approximate surface area is 135 Å². The van der Waals surface area contributed by atoms with Crippen LogP contribution in [0.3, 0.4) is 0 Å². The fraction of sp³-hybridized carbons (Fsp3) is 0.500. The van der Waals surface area contributed by atoms with E-state index in [4.69, 9.17) is 9.84 Å². The van der Waals surface area contributed by atoms with Gasteiger partial charge in [-0.25, -0.2) is 15.6 Å². The van der Waals surface area contributed by atoms with Gasteiger partial charge in [-0.2, -0.15) is 0 Å². The molecule has 1 saturated heterocycles. The quantitative estimate of drug-likeness (QED) is 0.619. The predicted molar refractivity (Wildman–Crippen MR) is 84.8 cm³/mol. The van der Waals surface area contributed by atoms with Crippen LogP contribution < -0.4 is 20.9 Å². The van der Waals surface area contributed by atoms with Crippen LogP contribution in [-0.4, -0.2) is 36.2 Å². The van der Waals surface area contributed by atoms with Crippen molar-refractivity contribution in [3.8, 4) is 5.75 Å². The molecule has 4 N–H and O–H groups in total. The number of methoxy groups -OCH3 is 1. The first kappa shape index (κ1) is 17.2. The number of rotatable bonds is 6. The fourth-order valence-corrected chi connectivity index (χ4v) is 2.55. The molecular formula is C16H23N3O4. The van der Waals surface area contributed by atoms with Crippen LogP contribution in [-0.2, 0) is 9.59 Å². The number of hydrogen-bond acceptors (Lipinski definition) is 5. The zero-order chi connectivity index (χ0) is 17.0. The summed E-state index contributed by atoms with van der Waals surface area (Å²) in [6.45, 7) is 3.53. The third kappa shape index (κ3) is 4.20. The molecule has 7 heteroatoms. The SMILES string of the molecule is COc1ccc(C2CC(C(=O)NC(C(=O)O)C(C)C)NN2)cc1. The van der Waals surface area contributed by atoms with Crippen molar-refractivity contribution in [2.24, 2.45) is 5.92 Å². The van der Waals surface area contributed by atoms with Crippen LogP contribution in [0.25, 0.3) is 0 Å². The Balaban J connectivity index is 1.95. The van der Waals surface area contributed by atoms with Gasteiger partial charge >= 0.3 is 5.97 Å². The van der Waals surface area contributed by atoms with Crippen molar-refractivity contribution < 1.29 is 19.4 Å². The molecule has 1 fully saturated rings. The molecule has 1 aliphatic rings. The maximum atomic E-state index is 12.2. The Morgan fingerprint density at radius 3 is 2.43 bits per heavy atom. The third-order valence-corrected chi connectivity index (χ3v) is 3.97. The highest BCUT2D eigenvalue weighted by atomic mass is 16.5. The molecule has 0 aliphatic carbocycles. The molecule has 0 spiro atoms. The molecule has 1 aliphatic heterocycles. The number of amides is 1. The first-order valence-corrected chi connectivity index (χ1v) is 7.60. The number of carboxylic acid groups (broad SMARTS) is 1. The number of benzene rings is 1. The average Bonchev–Trinajstić information content (AvgIpc) is 3.01. The van der Waals surface area contributed by atoms with Gasteiger partial charge in [-0.05, 0) is 30.0 Å². The fourth-order valence-electron chi connectivity index (χ4n) is 2.55. The molecule has 7 nitrogen and oxygen atoms in total. The Kier molecular flexibility index (Phi) is 5.57. The van der Waals surface area contributed by atoms with Crippen LogP contribution >= 0.6 is 0 Å². The summed E-state index contributed by atoms with van der Waals surface area (Å²) in [6, 6.07) is 6.23. The van der Waals surface area contributed by atoms with Gasteiger partial charge in [0.1, 0.15) is 17.8 Å². The monoisotopic (exact) mass is 321 g/mol. The summed E-state index contributed by atoms with van der Waals surface area (Å²) in [7, 11) is 1.61. The van der Waals surface area contributed by atoms with Gasteiger partial charge < -0.3 is 15.2 Å². The minimum absolute atomic E-state index is 0.0148. The Bertz CT molecular complexity index is 559. The Hall–Kier alpha value is -2.12. The van der Waals surface area contributed by atoms with Crippen molar-refractivity contribution in [3.05, 3.63) is 29.8 Å². The zero-order valence-electron chi connectivity index (χ0n) is 13.5. The third-order valence-electron chi connectivity index (χ3n) is 3.97. The summed E-state index contributed by atoms with van der Waals surface area (Å²) in [5, 5.41) is 11.7. The van der Waals surface area contributed by atoms with Gasteiger partial charge in [0.2, 0.25) is 5.91 Å². The lowest BCUT2D eigenvalue weighted by atomic mass is 10.0. The highest BCUT2D eigenvalue weighted by molar-refractivity contribution is 5.87. The molecule has 1 amide bonds. The van der Waals surface area contributed by atoms with E-state index in [2.05, 4.69) is 16.2 Å². The zero-order valence-corrected chi connectivity index (χ0v) is 13.5. The number of hydrogen-bond donors (Lipinski definition) is 4. The van der Waals surface area contributed by atoms with E-state index >= 15 is 0 Å². The standard InChI is InChI=1S/C16H23N3O4/c1-9(2)14(16(21)22)17-15(20)13-8-12(18-19-13)10-4-6-11(23-3)7-5-10/h4-7,9,12-14,18-19H,8H2,1-3H3,(H,17,20)(H,21,22). The van der Waals surface area contributed by atoms with E-state index in [1.165, 1.54) is 0 Å². The van der Waals surface area contributed by atoms with Gasteiger partial charge in [0.25, 0.3) is 0 Å². The van der Waals surface area contributed by atoms with Gasteiger partial charge in [-0.1, -0.05) is 26.0 Å². The van der Waals surface area contributed by atoms with Crippen LogP contribution in [0.5, 0.6) is 5.75 Å². The largest absolute Gasteiger partial charge is 0.497 e. The van der Waals surface area contributed by atoms with Crippen molar-refractivity contribution >= 4 is 11.9 Å². The molecule has 23 heavy (non-hydrogen) atoms. The Morgan fingerprint density at radius 1 is 1.26 bits per heavy atom. The maximum absolute atomic E-state index is 12.2. The summed E-state index contributed by atoms with van der Waals surface area (Å²) in [6.07, 6.45) is 0.544. The van der Waals surface area contributed by atoms with E-state index in [-0.39, 0.29) is 17.9 Å². The number of nitrogens with one attached hydrogen (secondary N) is 3. The highest BCUT2D eigenvalue weighted by Gasteiger charge is 2.33. The maximum Gasteiger partial charge on any atom is 0.326 e. The summed E-state index contributed by atoms with van der Waals surface area (Å²) >= 11 is 0. The lowest BCUT2D eigenvalue weighted by Crippen LogP contribution is -2.51. The molecule has 1 aromatic rings. The van der Waals surface area contributed by atoms with Crippen LogP contribution in [0.4, 0.5) is 0 Å². The number of carbonyl (C=O) groups excluding carboxylic acids is 1. The molecule has 2 rings (SSSR count). The molecule has 0 saturated carbocycles. The van der Waals surface area contributed by atoms with Crippen LogP contribution in [0.15, 0.2) is 24.3 Å². The topological polar surface area (TPSA) is 99.7 Å². The number of carbonyl (C=O) groups is 2. The number of hydrazine groups is 1. The van der Waals surface area contributed by atoms with E-state index in [1.807, 2.05) is 24.3 Å². The summed E-state index contributed by atoms with van der Waals surface area (Å²) in [5.74, 6) is -0.737. The Morgan fingerprint density at radius 2 is 1.91 bits per heavy atom. The van der Waals surface area contributed by atoms with E-state index in [0.717, 1.165) is 11.3 Å². The van der Waals surface area contributed by atoms with E-state index in [9.17, 15) is 9.59 Å². The van der Waals surface area contributed by atoms with Crippen LogP contribution in [0.1, 0.15) is 31.9 Å². The van der Waals surface area contributed by atoms with Gasteiger partial charge in [-0.3, -0.25) is 4.79 Å². The molecule has 0 aromatic heterocycles. The molecule has 3 atom stereocenters. The van der Waals surface area contributed by atoms with Gasteiger partial charge in [0, 0.05) is 6.04 Å². The molecule has 0 bridgehead atoms. The normalized spacial score (nSPS) is 21.9. The second-order valence-electron chi connectivity index (χ2n) is 5.97. The van der Waals surface area contributed by atoms with Gasteiger partial charge in [0.05, 0.1) is 7.11 Å². The smallest absolute Gasteiger partial charge is 0.326 e. The van der Waals surface area contributed by atoms with Gasteiger partial charge in [0.15, 0.2) is 0 Å². The average molecular weight is 321 g/mol. The predicted octanol–water partition coefficient (Wildman–Crippen LogP) is 0.828. The minimum atomic E-state index is -1.02. The lowest BCUT2D eigenvalue weighted by Gasteiger charge is -2.20. The van der Waals surface area contributed by atoms with Crippen molar-refractivity contribution in [3.63, 3.8) is 0 Å². The number of carboxylic acids is 1. The number of aliphatic carboxylic acids is 1. The van der Waals surface area contributed by atoms with E-state index in [1.54, 1.807) is 21.0 Å². The van der Waals surface area contributed by atoms with Crippen molar-refractivity contribution in [1.29, 1.82) is 0 Å². The van der Waals surface area contributed by atoms with E-state index < -0.39 is 18.1 Å². The number of ether oxygens (including phenoxy) is 1. The summed E-state index contributed by atoms with van der Waals surface area (Å²) < 4.78 is 5.12.